The van der Waals surface area contributed by atoms with Gasteiger partial charge in [-0.2, -0.15) is 4.37 Å². The molecule has 182 valence electrons. The number of unbranched alkanes of at least 4 members (excludes halogenated alkanes) is 1. The number of halogens is 2. The summed E-state index contributed by atoms with van der Waals surface area (Å²) in [6.07, 6.45) is 3.79. The molecule has 0 bridgehead atoms. The first kappa shape index (κ1) is 26.3. The zero-order valence-corrected chi connectivity index (χ0v) is 21.8. The third-order valence-corrected chi connectivity index (χ3v) is 6.75. The zero-order valence-electron chi connectivity index (χ0n) is 19.5. The average Bonchev–Trinajstić information content (AvgIpc) is 3.29. The Balaban J connectivity index is 1.52. The normalized spacial score (nSPS) is 10.8. The Morgan fingerprint density at radius 2 is 2.03 bits per heavy atom. The van der Waals surface area contributed by atoms with Crippen LogP contribution < -0.4 is 15.0 Å². The Bertz CT molecular complexity index is 1080. The first-order valence-electron chi connectivity index (χ1n) is 11.4. The zero-order chi connectivity index (χ0) is 24.3. The van der Waals surface area contributed by atoms with Crippen molar-refractivity contribution in [3.63, 3.8) is 0 Å². The molecule has 2 aromatic carbocycles. The minimum absolute atomic E-state index is 0.00713. The van der Waals surface area contributed by atoms with Crippen molar-refractivity contribution in [1.82, 2.24) is 14.7 Å². The number of carbonyl (C=O) groups is 1. The van der Waals surface area contributed by atoms with Crippen molar-refractivity contribution in [3.8, 4) is 5.75 Å². The van der Waals surface area contributed by atoms with Crippen molar-refractivity contribution < 1.29 is 9.53 Å². The number of methoxy groups -OCH3 is 1. The van der Waals surface area contributed by atoms with E-state index in [0.29, 0.717) is 42.4 Å². The Hall–Kier alpha value is -2.35. The van der Waals surface area contributed by atoms with E-state index in [9.17, 15) is 4.79 Å². The number of benzene rings is 2. The second-order valence-corrected chi connectivity index (χ2v) is 9.52. The van der Waals surface area contributed by atoms with Gasteiger partial charge in [-0.05, 0) is 48.2 Å². The predicted molar refractivity (Wildman–Crippen MR) is 141 cm³/mol. The Morgan fingerprint density at radius 3 is 2.79 bits per heavy atom. The average molecular weight is 522 g/mol. The smallest absolute Gasteiger partial charge is 0.221 e. The Morgan fingerprint density at radius 1 is 1.18 bits per heavy atom. The number of hydrogen-bond acceptors (Lipinski definition) is 6. The minimum Gasteiger partial charge on any atom is -0.497 e. The van der Waals surface area contributed by atoms with Gasteiger partial charge in [-0.15, -0.1) is 0 Å². The largest absolute Gasteiger partial charge is 0.497 e. The van der Waals surface area contributed by atoms with Crippen molar-refractivity contribution in [2.75, 3.05) is 31.6 Å². The van der Waals surface area contributed by atoms with E-state index in [4.69, 9.17) is 32.9 Å². The number of amides is 1. The summed E-state index contributed by atoms with van der Waals surface area (Å²) in [7, 11) is 1.66. The number of anilines is 1. The third kappa shape index (κ3) is 8.15. The van der Waals surface area contributed by atoms with Crippen molar-refractivity contribution in [3.05, 3.63) is 69.5 Å². The predicted octanol–water partition coefficient (Wildman–Crippen LogP) is 5.80. The van der Waals surface area contributed by atoms with E-state index in [1.54, 1.807) is 19.2 Å². The summed E-state index contributed by atoms with van der Waals surface area (Å²) in [5.74, 6) is 1.61. The van der Waals surface area contributed by atoms with Gasteiger partial charge in [0.2, 0.25) is 11.0 Å². The molecule has 0 saturated carbocycles. The molecule has 3 rings (SSSR count). The SMILES string of the molecule is CCCCN(CCC(=O)NCCc1ccc(Cl)cc1Cl)c1nc(Cc2cccc(OC)c2)ns1. The molecule has 34 heavy (non-hydrogen) atoms. The molecule has 0 spiro atoms. The molecule has 0 saturated heterocycles. The molecule has 0 aliphatic rings. The van der Waals surface area contributed by atoms with Crippen LogP contribution in [0.3, 0.4) is 0 Å². The topological polar surface area (TPSA) is 67.4 Å². The van der Waals surface area contributed by atoms with Crippen LogP contribution in [-0.2, 0) is 17.6 Å². The summed E-state index contributed by atoms with van der Waals surface area (Å²) in [4.78, 5) is 19.4. The van der Waals surface area contributed by atoms with Crippen molar-refractivity contribution in [2.45, 2.75) is 39.0 Å². The molecule has 1 aromatic heterocycles. The van der Waals surface area contributed by atoms with Crippen LogP contribution in [0.4, 0.5) is 5.13 Å². The molecule has 0 radical (unpaired) electrons. The summed E-state index contributed by atoms with van der Waals surface area (Å²) < 4.78 is 9.85. The lowest BCUT2D eigenvalue weighted by Crippen LogP contribution is -2.32. The van der Waals surface area contributed by atoms with Gasteiger partial charge in [-0.25, -0.2) is 4.98 Å². The van der Waals surface area contributed by atoms with Crippen LogP contribution in [-0.4, -0.2) is 42.0 Å². The maximum Gasteiger partial charge on any atom is 0.221 e. The van der Waals surface area contributed by atoms with E-state index >= 15 is 0 Å². The third-order valence-electron chi connectivity index (χ3n) is 5.35. The maximum atomic E-state index is 12.5. The van der Waals surface area contributed by atoms with Crippen LogP contribution >= 0.6 is 34.7 Å². The molecule has 0 unspecified atom stereocenters. The van der Waals surface area contributed by atoms with Crippen molar-refractivity contribution >= 4 is 45.8 Å². The standard InChI is InChI=1S/C25H30Cl2N4O2S/c1-3-4-13-31(14-11-24(32)28-12-10-19-8-9-20(26)17-22(19)27)25-29-23(30-34-25)16-18-6-5-7-21(15-18)33-2/h5-9,15,17H,3-4,10-14,16H2,1-2H3,(H,28,32). The fourth-order valence-corrected chi connectivity index (χ4v) is 4.69. The van der Waals surface area contributed by atoms with E-state index in [-0.39, 0.29) is 5.91 Å². The molecular weight excluding hydrogens is 491 g/mol. The van der Waals surface area contributed by atoms with Crippen molar-refractivity contribution in [1.29, 1.82) is 0 Å². The van der Waals surface area contributed by atoms with Crippen LogP contribution in [0.25, 0.3) is 0 Å². The number of nitrogens with one attached hydrogen (secondary N) is 1. The van der Waals surface area contributed by atoms with Gasteiger partial charge >= 0.3 is 0 Å². The quantitative estimate of drug-likeness (QED) is 0.308. The second-order valence-electron chi connectivity index (χ2n) is 7.95. The highest BCUT2D eigenvalue weighted by Crippen LogP contribution is 2.22. The summed E-state index contributed by atoms with van der Waals surface area (Å²) in [5.41, 5.74) is 2.07. The molecule has 0 aliphatic heterocycles. The number of hydrogen-bond donors (Lipinski definition) is 1. The molecule has 1 N–H and O–H groups in total. The summed E-state index contributed by atoms with van der Waals surface area (Å²) >= 11 is 13.5. The first-order valence-corrected chi connectivity index (χ1v) is 12.9. The van der Waals surface area contributed by atoms with E-state index in [1.807, 2.05) is 30.3 Å². The van der Waals surface area contributed by atoms with Crippen molar-refractivity contribution in [2.24, 2.45) is 0 Å². The summed E-state index contributed by atoms with van der Waals surface area (Å²) in [6.45, 7) is 4.12. The molecule has 0 atom stereocenters. The molecule has 3 aromatic rings. The number of nitrogens with zero attached hydrogens (tertiary/aromatic N) is 3. The lowest BCUT2D eigenvalue weighted by atomic mass is 10.1. The van der Waals surface area contributed by atoms with Gasteiger partial charge in [0.05, 0.1) is 7.11 Å². The monoisotopic (exact) mass is 520 g/mol. The molecule has 1 amide bonds. The van der Waals surface area contributed by atoms with Gasteiger partial charge in [0.25, 0.3) is 0 Å². The lowest BCUT2D eigenvalue weighted by Gasteiger charge is -2.20. The highest BCUT2D eigenvalue weighted by molar-refractivity contribution is 7.09. The van der Waals surface area contributed by atoms with Crippen LogP contribution in [0.1, 0.15) is 43.1 Å². The van der Waals surface area contributed by atoms with Gasteiger partial charge in [-0.1, -0.05) is 54.7 Å². The number of rotatable bonds is 13. The van der Waals surface area contributed by atoms with Crippen LogP contribution in [0, 0.1) is 0 Å². The van der Waals surface area contributed by atoms with Crippen LogP contribution in [0.15, 0.2) is 42.5 Å². The molecule has 1 heterocycles. The number of ether oxygens (including phenoxy) is 1. The van der Waals surface area contributed by atoms with Gasteiger partial charge in [0, 0.05) is 54.1 Å². The first-order chi connectivity index (χ1) is 16.5. The lowest BCUT2D eigenvalue weighted by molar-refractivity contribution is -0.120. The van der Waals surface area contributed by atoms with Crippen LogP contribution in [0.2, 0.25) is 10.0 Å². The highest BCUT2D eigenvalue weighted by atomic mass is 35.5. The van der Waals surface area contributed by atoms with E-state index in [2.05, 4.69) is 21.5 Å². The van der Waals surface area contributed by atoms with E-state index in [0.717, 1.165) is 47.2 Å². The molecule has 6 nitrogen and oxygen atoms in total. The van der Waals surface area contributed by atoms with Gasteiger partial charge in [0.15, 0.2) is 0 Å². The Labute approximate surface area is 215 Å². The number of aromatic nitrogens is 2. The maximum absolute atomic E-state index is 12.5. The summed E-state index contributed by atoms with van der Waals surface area (Å²) in [6, 6.07) is 13.3. The molecule has 9 heteroatoms. The summed E-state index contributed by atoms with van der Waals surface area (Å²) in [5, 5.41) is 5.06. The second kappa shape index (κ2) is 13.5. The molecule has 0 aliphatic carbocycles. The fraction of sp³-hybridized carbons (Fsp3) is 0.400. The number of carbonyl (C=O) groups excluding carboxylic acids is 1. The fourth-order valence-electron chi connectivity index (χ4n) is 3.45. The van der Waals surface area contributed by atoms with E-state index < -0.39 is 0 Å². The Kier molecular flexibility index (Phi) is 10.4. The van der Waals surface area contributed by atoms with Gasteiger partial charge in [0.1, 0.15) is 11.6 Å². The van der Waals surface area contributed by atoms with E-state index in [1.165, 1.54) is 11.5 Å². The highest BCUT2D eigenvalue weighted by Gasteiger charge is 2.15. The molecular formula is C25H30Cl2N4O2S. The van der Waals surface area contributed by atoms with Crippen LogP contribution in [0.5, 0.6) is 5.75 Å². The van der Waals surface area contributed by atoms with Gasteiger partial charge in [-0.3, -0.25) is 4.79 Å². The minimum atomic E-state index is 0.00713. The molecule has 0 fully saturated rings. The van der Waals surface area contributed by atoms with Gasteiger partial charge < -0.3 is 15.0 Å².